The molecule has 1 aromatic carbocycles. The first kappa shape index (κ1) is 26.1. The van der Waals surface area contributed by atoms with E-state index >= 15 is 0 Å². The Balaban J connectivity index is 1.17. The van der Waals surface area contributed by atoms with Crippen LogP contribution in [0.15, 0.2) is 36.9 Å². The Morgan fingerprint density at radius 1 is 1.17 bits per heavy atom. The Labute approximate surface area is 213 Å². The number of nitrogen functional groups attached to an aromatic ring is 1. The summed E-state index contributed by atoms with van der Waals surface area (Å²) >= 11 is 1.58. The zero-order chi connectivity index (χ0) is 25.9. The molecular formula is C24H33N7O4S. The van der Waals surface area contributed by atoms with E-state index in [9.17, 15) is 15.0 Å². The van der Waals surface area contributed by atoms with Crippen LogP contribution >= 0.6 is 11.8 Å². The van der Waals surface area contributed by atoms with Gasteiger partial charge in [-0.25, -0.2) is 19.7 Å². The number of hydrogen-bond acceptors (Lipinski definition) is 9. The summed E-state index contributed by atoms with van der Waals surface area (Å²) in [7, 11) is 0. The number of nitrogens with two attached hydrogens (primary N) is 1. The van der Waals surface area contributed by atoms with E-state index in [-0.39, 0.29) is 17.3 Å². The second-order valence-electron chi connectivity index (χ2n) is 9.77. The van der Waals surface area contributed by atoms with E-state index in [4.69, 9.17) is 10.5 Å². The highest BCUT2D eigenvalue weighted by atomic mass is 32.2. The van der Waals surface area contributed by atoms with Crippen LogP contribution < -0.4 is 16.4 Å². The molecule has 11 nitrogen and oxygen atoms in total. The zero-order valence-electron chi connectivity index (χ0n) is 20.6. The second kappa shape index (κ2) is 11.0. The number of imidazole rings is 1. The molecule has 4 atom stereocenters. The van der Waals surface area contributed by atoms with Gasteiger partial charge in [-0.1, -0.05) is 32.9 Å². The van der Waals surface area contributed by atoms with E-state index in [1.807, 2.05) is 24.3 Å². The number of urea groups is 1. The Morgan fingerprint density at radius 2 is 1.92 bits per heavy atom. The largest absolute Gasteiger partial charge is 0.387 e. The van der Waals surface area contributed by atoms with Gasteiger partial charge in [0.2, 0.25) is 0 Å². The number of ether oxygens (including phenoxy) is 1. The van der Waals surface area contributed by atoms with Crippen LogP contribution in [0.1, 0.15) is 39.0 Å². The number of carbonyl (C=O) groups excluding carboxylic acids is 1. The van der Waals surface area contributed by atoms with Gasteiger partial charge in [-0.05, 0) is 35.3 Å². The van der Waals surface area contributed by atoms with Crippen LogP contribution in [0.4, 0.5) is 16.3 Å². The van der Waals surface area contributed by atoms with Gasteiger partial charge in [0.25, 0.3) is 0 Å². The molecule has 194 valence electrons. The zero-order valence-corrected chi connectivity index (χ0v) is 21.4. The van der Waals surface area contributed by atoms with Crippen molar-refractivity contribution in [2.45, 2.75) is 57.1 Å². The molecule has 1 saturated heterocycles. The highest BCUT2D eigenvalue weighted by Crippen LogP contribution is 2.33. The fraction of sp³-hybridized carbons (Fsp3) is 0.500. The van der Waals surface area contributed by atoms with Crippen molar-refractivity contribution in [2.24, 2.45) is 0 Å². The summed E-state index contributed by atoms with van der Waals surface area (Å²) in [5, 5.41) is 26.7. The number of fused-ring (bicyclic) bond motifs is 1. The van der Waals surface area contributed by atoms with E-state index in [0.717, 1.165) is 17.9 Å². The van der Waals surface area contributed by atoms with Crippen molar-refractivity contribution in [3.8, 4) is 0 Å². The number of aromatic nitrogens is 4. The summed E-state index contributed by atoms with van der Waals surface area (Å²) in [6, 6.07) is 7.59. The molecular weight excluding hydrogens is 482 g/mol. The Bertz CT molecular complexity index is 1180. The minimum atomic E-state index is -1.13. The lowest BCUT2D eigenvalue weighted by molar-refractivity contribution is -0.0289. The van der Waals surface area contributed by atoms with Gasteiger partial charge in [0.15, 0.2) is 17.7 Å². The van der Waals surface area contributed by atoms with Crippen molar-refractivity contribution < 1.29 is 19.7 Å². The summed E-state index contributed by atoms with van der Waals surface area (Å²) in [4.78, 5) is 24.4. The third-order valence-electron chi connectivity index (χ3n) is 6.04. The predicted molar refractivity (Wildman–Crippen MR) is 140 cm³/mol. The molecule has 1 aliphatic rings. The molecule has 3 aromatic rings. The molecule has 36 heavy (non-hydrogen) atoms. The molecule has 12 heteroatoms. The normalized spacial score (nSPS) is 22.1. The number of nitrogens with zero attached hydrogens (tertiary/aromatic N) is 4. The molecule has 0 spiro atoms. The number of hydrogen-bond donors (Lipinski definition) is 5. The van der Waals surface area contributed by atoms with Crippen LogP contribution in [-0.2, 0) is 10.2 Å². The van der Waals surface area contributed by atoms with Crippen LogP contribution in [0, 0.1) is 0 Å². The minimum Gasteiger partial charge on any atom is -0.387 e. The summed E-state index contributed by atoms with van der Waals surface area (Å²) in [5.41, 5.74) is 8.69. The summed E-state index contributed by atoms with van der Waals surface area (Å²) in [6.45, 7) is 6.95. The molecule has 3 heterocycles. The lowest BCUT2D eigenvalue weighted by atomic mass is 9.87. The number of carbonyl (C=O) groups is 1. The average Bonchev–Trinajstić information content (AvgIpc) is 3.38. The third-order valence-corrected chi connectivity index (χ3v) is 7.18. The Kier molecular flexibility index (Phi) is 7.98. The average molecular weight is 516 g/mol. The SMILES string of the molecule is CC(C)(C)c1ccc(NC(=O)NCCCSC[C@H]2O[C@@H](n3cnc4c(N)ncnc43)[C@H](O)[C@@H]2O)cc1. The maximum Gasteiger partial charge on any atom is 0.319 e. The third kappa shape index (κ3) is 5.89. The Hall–Kier alpha value is -2.93. The van der Waals surface area contributed by atoms with Crippen molar-refractivity contribution >= 4 is 40.5 Å². The fourth-order valence-electron chi connectivity index (χ4n) is 3.96. The van der Waals surface area contributed by atoms with Crippen LogP contribution in [0.25, 0.3) is 11.2 Å². The van der Waals surface area contributed by atoms with E-state index in [1.165, 1.54) is 18.2 Å². The van der Waals surface area contributed by atoms with Gasteiger partial charge in [-0.2, -0.15) is 11.8 Å². The monoisotopic (exact) mass is 515 g/mol. The highest BCUT2D eigenvalue weighted by Gasteiger charge is 2.44. The van der Waals surface area contributed by atoms with Gasteiger partial charge < -0.3 is 31.3 Å². The topological polar surface area (TPSA) is 160 Å². The minimum absolute atomic E-state index is 0.0639. The molecule has 0 radical (unpaired) electrons. The summed E-state index contributed by atoms with van der Waals surface area (Å²) in [5.74, 6) is 1.48. The first-order valence-electron chi connectivity index (χ1n) is 11.8. The van der Waals surface area contributed by atoms with Crippen molar-refractivity contribution in [2.75, 3.05) is 29.1 Å². The van der Waals surface area contributed by atoms with Crippen LogP contribution in [-0.4, -0.2) is 72.1 Å². The van der Waals surface area contributed by atoms with Crippen molar-refractivity contribution in [3.63, 3.8) is 0 Å². The fourth-order valence-corrected chi connectivity index (χ4v) is 4.98. The molecule has 2 aromatic heterocycles. The van der Waals surface area contributed by atoms with E-state index in [0.29, 0.717) is 23.5 Å². The maximum absolute atomic E-state index is 12.1. The first-order valence-corrected chi connectivity index (χ1v) is 13.0. The molecule has 2 amide bonds. The van der Waals surface area contributed by atoms with Gasteiger partial charge in [0.05, 0.1) is 12.4 Å². The quantitative estimate of drug-likeness (QED) is 0.283. The van der Waals surface area contributed by atoms with E-state index in [2.05, 4.69) is 46.4 Å². The molecule has 1 fully saturated rings. The van der Waals surface area contributed by atoms with E-state index in [1.54, 1.807) is 16.3 Å². The van der Waals surface area contributed by atoms with Gasteiger partial charge >= 0.3 is 6.03 Å². The first-order chi connectivity index (χ1) is 17.1. The van der Waals surface area contributed by atoms with Gasteiger partial charge in [0, 0.05) is 18.0 Å². The van der Waals surface area contributed by atoms with Crippen LogP contribution in [0.3, 0.4) is 0 Å². The molecule has 4 rings (SSSR count). The number of benzene rings is 1. The standard InChI is InChI=1S/C24H33N7O4S/c1-24(2,3)14-5-7-15(8-6-14)30-23(34)26-9-4-10-36-11-16-18(32)19(33)22(35-16)31-13-29-17-20(25)27-12-28-21(17)31/h5-8,12-13,16,18-19,22,32-33H,4,9-11H2,1-3H3,(H2,25,27,28)(H2,26,30,34)/t16-,18-,19-,22-/m1/s1. The molecule has 0 unspecified atom stereocenters. The predicted octanol–water partition coefficient (Wildman–Crippen LogP) is 2.27. The number of amides is 2. The lowest BCUT2D eigenvalue weighted by Crippen LogP contribution is -2.32. The van der Waals surface area contributed by atoms with Gasteiger partial charge in [-0.15, -0.1) is 0 Å². The second-order valence-corrected chi connectivity index (χ2v) is 10.9. The highest BCUT2D eigenvalue weighted by molar-refractivity contribution is 7.99. The van der Waals surface area contributed by atoms with Gasteiger partial charge in [0.1, 0.15) is 24.1 Å². The molecule has 0 bridgehead atoms. The van der Waals surface area contributed by atoms with Crippen molar-refractivity contribution in [3.05, 3.63) is 42.5 Å². The number of aliphatic hydroxyl groups excluding tert-OH is 2. The maximum atomic E-state index is 12.1. The van der Waals surface area contributed by atoms with Crippen LogP contribution in [0.5, 0.6) is 0 Å². The molecule has 0 saturated carbocycles. The van der Waals surface area contributed by atoms with E-state index < -0.39 is 24.5 Å². The molecule has 1 aliphatic heterocycles. The number of anilines is 2. The van der Waals surface area contributed by atoms with Crippen molar-refractivity contribution in [1.82, 2.24) is 24.8 Å². The van der Waals surface area contributed by atoms with Gasteiger partial charge in [-0.3, -0.25) is 4.57 Å². The number of thioether (sulfide) groups is 1. The summed E-state index contributed by atoms with van der Waals surface area (Å²) < 4.78 is 7.50. The summed E-state index contributed by atoms with van der Waals surface area (Å²) in [6.07, 6.45) is -0.0242. The molecule has 0 aliphatic carbocycles. The lowest BCUT2D eigenvalue weighted by Gasteiger charge is -2.19. The molecule has 6 N–H and O–H groups in total. The smallest absolute Gasteiger partial charge is 0.319 e. The Morgan fingerprint density at radius 3 is 2.64 bits per heavy atom. The number of nitrogens with one attached hydrogen (secondary N) is 2. The number of aliphatic hydroxyl groups is 2. The van der Waals surface area contributed by atoms with Crippen LogP contribution in [0.2, 0.25) is 0 Å². The number of rotatable bonds is 8. The van der Waals surface area contributed by atoms with Crippen molar-refractivity contribution in [1.29, 1.82) is 0 Å².